The summed E-state index contributed by atoms with van der Waals surface area (Å²) < 4.78 is 6.58. The Balaban J connectivity index is 1.64. The number of nitrogens with zero attached hydrogens (tertiary/aromatic N) is 2. The second-order valence-corrected chi connectivity index (χ2v) is 10.4. The predicted octanol–water partition coefficient (Wildman–Crippen LogP) is 3.19. The molecule has 178 valence electrons. The minimum absolute atomic E-state index is 0.0334. The van der Waals surface area contributed by atoms with Crippen LogP contribution in [0.5, 0.6) is 5.75 Å². The van der Waals surface area contributed by atoms with E-state index in [2.05, 4.69) is 57.1 Å². The third kappa shape index (κ3) is 7.89. The fourth-order valence-electron chi connectivity index (χ4n) is 3.76. The Labute approximate surface area is 209 Å². The lowest BCUT2D eigenvalue weighted by atomic mass is 10.0. The molecule has 0 radical (unpaired) electrons. The van der Waals surface area contributed by atoms with Gasteiger partial charge in [0.15, 0.2) is 0 Å². The molecule has 1 amide bonds. The number of esters is 1. The maximum Gasteiger partial charge on any atom is 0.320 e. The van der Waals surface area contributed by atoms with Crippen molar-refractivity contribution in [2.45, 2.75) is 38.8 Å². The highest BCUT2D eigenvalue weighted by molar-refractivity contribution is 14.1. The van der Waals surface area contributed by atoms with Crippen LogP contribution in [0.1, 0.15) is 26.3 Å². The van der Waals surface area contributed by atoms with Crippen molar-refractivity contribution in [2.75, 3.05) is 37.6 Å². The van der Waals surface area contributed by atoms with Crippen molar-refractivity contribution >= 4 is 40.2 Å². The third-order valence-electron chi connectivity index (χ3n) is 5.37. The van der Waals surface area contributed by atoms with Crippen LogP contribution < -0.4 is 10.2 Å². The van der Waals surface area contributed by atoms with Crippen molar-refractivity contribution in [1.29, 1.82) is 0 Å². The zero-order valence-electron chi connectivity index (χ0n) is 19.4. The Morgan fingerprint density at radius 1 is 1.03 bits per heavy atom. The van der Waals surface area contributed by atoms with Crippen LogP contribution in [0.4, 0.5) is 5.69 Å². The standard InChI is InChI=1S/C25H32IN3O4/c1-25(2,3)33-23(31)17-27-22(16-18-4-10-21(30)11-5-18)24(32)29-14-12-28(13-15-29)20-8-6-19(26)7-9-20/h4-11,22,27,30H,12-17H2,1-3H3. The van der Waals surface area contributed by atoms with Crippen LogP contribution in [0.2, 0.25) is 0 Å². The number of hydrogen-bond acceptors (Lipinski definition) is 6. The second-order valence-electron chi connectivity index (χ2n) is 9.18. The first kappa shape index (κ1) is 25.3. The van der Waals surface area contributed by atoms with Crippen molar-refractivity contribution < 1.29 is 19.4 Å². The molecule has 2 aromatic rings. The molecule has 2 N–H and O–H groups in total. The molecule has 0 spiro atoms. The van der Waals surface area contributed by atoms with Gasteiger partial charge in [0.05, 0.1) is 12.6 Å². The Morgan fingerprint density at radius 2 is 1.64 bits per heavy atom. The first-order chi connectivity index (χ1) is 15.6. The molecule has 0 bridgehead atoms. The van der Waals surface area contributed by atoms with E-state index in [-0.39, 0.29) is 18.2 Å². The summed E-state index contributed by atoms with van der Waals surface area (Å²) in [4.78, 5) is 29.8. The summed E-state index contributed by atoms with van der Waals surface area (Å²) in [6.45, 7) is 8.14. The number of phenolic OH excluding ortho intramolecular Hbond substituents is 1. The SMILES string of the molecule is CC(C)(C)OC(=O)CNC(Cc1ccc(O)cc1)C(=O)N1CCN(c2ccc(I)cc2)CC1. The Bertz CT molecular complexity index is 934. The zero-order valence-corrected chi connectivity index (χ0v) is 21.5. The second kappa shape index (κ2) is 11.2. The lowest BCUT2D eigenvalue weighted by molar-refractivity contribution is -0.153. The van der Waals surface area contributed by atoms with E-state index < -0.39 is 17.6 Å². The predicted molar refractivity (Wildman–Crippen MR) is 137 cm³/mol. The molecule has 1 unspecified atom stereocenters. The highest BCUT2D eigenvalue weighted by atomic mass is 127. The van der Waals surface area contributed by atoms with E-state index in [1.807, 2.05) is 25.7 Å². The maximum absolute atomic E-state index is 13.4. The van der Waals surface area contributed by atoms with E-state index >= 15 is 0 Å². The Kier molecular flexibility index (Phi) is 8.58. The number of amides is 1. The van der Waals surface area contributed by atoms with E-state index in [0.29, 0.717) is 19.5 Å². The van der Waals surface area contributed by atoms with Crippen molar-refractivity contribution in [3.8, 4) is 5.75 Å². The smallest absolute Gasteiger partial charge is 0.320 e. The van der Waals surface area contributed by atoms with Crippen LogP contribution in [-0.4, -0.2) is 66.2 Å². The molecule has 7 nitrogen and oxygen atoms in total. The molecule has 1 saturated heterocycles. The van der Waals surface area contributed by atoms with Gasteiger partial charge in [-0.3, -0.25) is 14.9 Å². The number of rotatable bonds is 7. The number of benzene rings is 2. The summed E-state index contributed by atoms with van der Waals surface area (Å²) in [5, 5.41) is 12.7. The number of carbonyl (C=O) groups excluding carboxylic acids is 2. The molecule has 0 saturated carbocycles. The first-order valence-corrected chi connectivity index (χ1v) is 12.2. The number of aromatic hydroxyl groups is 1. The van der Waals surface area contributed by atoms with Crippen LogP contribution in [0.15, 0.2) is 48.5 Å². The van der Waals surface area contributed by atoms with Gasteiger partial charge < -0.3 is 19.6 Å². The molecule has 1 aliphatic rings. The van der Waals surface area contributed by atoms with Crippen molar-refractivity contribution in [2.24, 2.45) is 0 Å². The van der Waals surface area contributed by atoms with Crippen molar-refractivity contribution in [1.82, 2.24) is 10.2 Å². The summed E-state index contributed by atoms with van der Waals surface area (Å²) >= 11 is 2.29. The number of ether oxygens (including phenoxy) is 1. The van der Waals surface area contributed by atoms with E-state index in [0.717, 1.165) is 24.3 Å². The molecular weight excluding hydrogens is 533 g/mol. The average molecular weight is 565 g/mol. The van der Waals surface area contributed by atoms with Gasteiger partial charge in [0.25, 0.3) is 0 Å². The molecule has 1 fully saturated rings. The summed E-state index contributed by atoms with van der Waals surface area (Å²) in [5.74, 6) is -0.251. The van der Waals surface area contributed by atoms with E-state index in [1.54, 1.807) is 24.3 Å². The quantitative estimate of drug-likeness (QED) is 0.397. The normalized spacial score (nSPS) is 15.3. The van der Waals surface area contributed by atoms with Gasteiger partial charge in [-0.05, 0) is 91.7 Å². The van der Waals surface area contributed by atoms with Gasteiger partial charge in [-0.2, -0.15) is 0 Å². The third-order valence-corrected chi connectivity index (χ3v) is 6.09. The molecule has 1 heterocycles. The first-order valence-electron chi connectivity index (χ1n) is 11.1. The highest BCUT2D eigenvalue weighted by Crippen LogP contribution is 2.19. The van der Waals surface area contributed by atoms with Gasteiger partial charge >= 0.3 is 5.97 Å². The molecule has 2 aromatic carbocycles. The number of piperazine rings is 1. The van der Waals surface area contributed by atoms with Crippen molar-refractivity contribution in [3.05, 3.63) is 57.7 Å². The molecule has 0 aromatic heterocycles. The van der Waals surface area contributed by atoms with E-state index in [4.69, 9.17) is 4.74 Å². The van der Waals surface area contributed by atoms with E-state index in [1.165, 1.54) is 3.57 Å². The lowest BCUT2D eigenvalue weighted by Crippen LogP contribution is -2.55. The molecule has 8 heteroatoms. The summed E-state index contributed by atoms with van der Waals surface area (Å²) in [5.41, 5.74) is 1.48. The van der Waals surface area contributed by atoms with E-state index in [9.17, 15) is 14.7 Å². The summed E-state index contributed by atoms with van der Waals surface area (Å²) in [6.07, 6.45) is 0.416. The number of nitrogens with one attached hydrogen (secondary N) is 1. The number of anilines is 1. The number of carbonyl (C=O) groups is 2. The van der Waals surface area contributed by atoms with Gasteiger partial charge in [-0.15, -0.1) is 0 Å². The zero-order chi connectivity index (χ0) is 24.0. The molecule has 3 rings (SSSR count). The summed E-state index contributed by atoms with van der Waals surface area (Å²) in [6, 6.07) is 14.6. The van der Waals surface area contributed by atoms with Crippen LogP contribution >= 0.6 is 22.6 Å². The lowest BCUT2D eigenvalue weighted by Gasteiger charge is -2.37. The molecule has 1 atom stereocenters. The number of phenols is 1. The molecular formula is C25H32IN3O4. The number of halogens is 1. The van der Waals surface area contributed by atoms with Gasteiger partial charge in [-0.1, -0.05) is 12.1 Å². The van der Waals surface area contributed by atoms with Crippen LogP contribution in [0.3, 0.4) is 0 Å². The van der Waals surface area contributed by atoms with Gasteiger partial charge in [0.1, 0.15) is 11.4 Å². The van der Waals surface area contributed by atoms with Gasteiger partial charge in [-0.25, -0.2) is 0 Å². The monoisotopic (exact) mass is 565 g/mol. The van der Waals surface area contributed by atoms with Gasteiger partial charge in [0, 0.05) is 35.4 Å². The fourth-order valence-corrected chi connectivity index (χ4v) is 4.12. The minimum Gasteiger partial charge on any atom is -0.508 e. The largest absolute Gasteiger partial charge is 0.508 e. The van der Waals surface area contributed by atoms with Crippen LogP contribution in [-0.2, 0) is 20.7 Å². The molecule has 0 aliphatic carbocycles. The molecule has 1 aliphatic heterocycles. The number of hydrogen-bond donors (Lipinski definition) is 2. The maximum atomic E-state index is 13.4. The van der Waals surface area contributed by atoms with Crippen molar-refractivity contribution in [3.63, 3.8) is 0 Å². The van der Waals surface area contributed by atoms with Crippen LogP contribution in [0.25, 0.3) is 0 Å². The summed E-state index contributed by atoms with van der Waals surface area (Å²) in [7, 11) is 0. The minimum atomic E-state index is -0.582. The Hall–Kier alpha value is -2.33. The fraction of sp³-hybridized carbons (Fsp3) is 0.440. The Morgan fingerprint density at radius 3 is 2.21 bits per heavy atom. The molecule has 33 heavy (non-hydrogen) atoms. The average Bonchev–Trinajstić information content (AvgIpc) is 2.77. The topological polar surface area (TPSA) is 82.1 Å². The van der Waals surface area contributed by atoms with Gasteiger partial charge in [0.2, 0.25) is 5.91 Å². The highest BCUT2D eigenvalue weighted by Gasteiger charge is 2.29. The van der Waals surface area contributed by atoms with Crippen LogP contribution in [0, 0.1) is 3.57 Å².